The molecule has 3 saturated carbocycles. The zero-order chi connectivity index (χ0) is 19.3. The van der Waals surface area contributed by atoms with Gasteiger partial charge in [-0.2, -0.15) is 13.2 Å². The molecule has 3 aliphatic carbocycles. The summed E-state index contributed by atoms with van der Waals surface area (Å²) in [5.41, 5.74) is 0.337. The van der Waals surface area contributed by atoms with Crippen LogP contribution in [-0.2, 0) is 6.18 Å². The summed E-state index contributed by atoms with van der Waals surface area (Å²) in [5.74, 6) is 2.80. The lowest BCUT2D eigenvalue weighted by atomic mass is 9.66. The molecule has 1 aromatic rings. The van der Waals surface area contributed by atoms with Crippen molar-refractivity contribution in [1.82, 2.24) is 9.80 Å². The van der Waals surface area contributed by atoms with E-state index in [9.17, 15) is 18.0 Å². The number of benzene rings is 1. The Hall–Kier alpha value is -1.76. The number of likely N-dealkylation sites (tertiary alicyclic amines) is 1. The van der Waals surface area contributed by atoms with Gasteiger partial charge >= 0.3 is 12.2 Å². The van der Waals surface area contributed by atoms with Crippen molar-refractivity contribution >= 4 is 11.7 Å². The Morgan fingerprint density at radius 2 is 2.00 bits per heavy atom. The second kappa shape index (κ2) is 5.43. The quantitative estimate of drug-likeness (QED) is 0.783. The molecule has 2 heterocycles. The number of rotatable bonds is 4. The lowest BCUT2D eigenvalue weighted by Gasteiger charge is -2.44. The zero-order valence-corrected chi connectivity index (χ0v) is 15.7. The number of carbonyl (C=O) groups excluding carboxylic acids is 1. The van der Waals surface area contributed by atoms with Crippen molar-refractivity contribution in [1.29, 1.82) is 0 Å². The fourth-order valence-corrected chi connectivity index (χ4v) is 6.91. The Labute approximate surface area is 162 Å². The molecule has 5 atom stereocenters. The van der Waals surface area contributed by atoms with E-state index >= 15 is 0 Å². The SMILES string of the molecule is O=C1N(CCN2CC3CC4CC45CC2C35)CCN1c1cccc(C(F)(F)F)c1. The normalized spacial score (nSPS) is 38.6. The molecule has 0 N–H and O–H groups in total. The molecular weight excluding hydrogens is 367 g/mol. The first kappa shape index (κ1) is 17.1. The molecule has 28 heavy (non-hydrogen) atoms. The van der Waals surface area contributed by atoms with Crippen LogP contribution >= 0.6 is 0 Å². The number of amides is 2. The number of alkyl halides is 3. The second-order valence-electron chi connectivity index (χ2n) is 9.39. The minimum Gasteiger partial charge on any atom is -0.321 e. The molecule has 5 unspecified atom stereocenters. The molecule has 2 amide bonds. The van der Waals surface area contributed by atoms with Gasteiger partial charge < -0.3 is 4.90 Å². The minimum atomic E-state index is -4.40. The van der Waals surface area contributed by atoms with Crippen LogP contribution in [0.15, 0.2) is 24.3 Å². The highest BCUT2D eigenvalue weighted by Gasteiger charge is 2.76. The summed E-state index contributed by atoms with van der Waals surface area (Å²) in [6.07, 6.45) is -0.186. The maximum atomic E-state index is 13.0. The van der Waals surface area contributed by atoms with Gasteiger partial charge in [-0.25, -0.2) is 4.79 Å². The van der Waals surface area contributed by atoms with E-state index in [0.29, 0.717) is 30.7 Å². The monoisotopic (exact) mass is 391 g/mol. The number of anilines is 1. The molecule has 150 valence electrons. The first-order chi connectivity index (χ1) is 13.4. The van der Waals surface area contributed by atoms with Gasteiger partial charge in [0.1, 0.15) is 0 Å². The highest BCUT2D eigenvalue weighted by atomic mass is 19.4. The Kier molecular flexibility index (Phi) is 3.32. The molecule has 1 aromatic carbocycles. The Bertz CT molecular complexity index is 842. The number of nitrogens with zero attached hydrogens (tertiary/aromatic N) is 3. The predicted octanol–water partition coefficient (Wildman–Crippen LogP) is 3.68. The lowest BCUT2D eigenvalue weighted by Crippen LogP contribution is -2.49. The number of carbonyl (C=O) groups is 1. The summed E-state index contributed by atoms with van der Waals surface area (Å²) in [6.45, 7) is 3.75. The van der Waals surface area contributed by atoms with Crippen molar-refractivity contribution < 1.29 is 18.0 Å². The minimum absolute atomic E-state index is 0.175. The maximum Gasteiger partial charge on any atom is 0.416 e. The van der Waals surface area contributed by atoms with E-state index < -0.39 is 11.7 Å². The van der Waals surface area contributed by atoms with E-state index in [1.165, 1.54) is 36.8 Å². The average Bonchev–Trinajstić information content (AvgIpc) is 2.97. The van der Waals surface area contributed by atoms with Crippen LogP contribution in [0.2, 0.25) is 0 Å². The van der Waals surface area contributed by atoms with E-state index in [-0.39, 0.29) is 6.03 Å². The van der Waals surface area contributed by atoms with Gasteiger partial charge in [-0.1, -0.05) is 6.07 Å². The Morgan fingerprint density at radius 1 is 1.14 bits per heavy atom. The first-order valence-corrected chi connectivity index (χ1v) is 10.3. The fraction of sp³-hybridized carbons (Fsp3) is 0.667. The van der Waals surface area contributed by atoms with Crippen molar-refractivity contribution in [3.8, 4) is 0 Å². The molecule has 0 bridgehead atoms. The smallest absolute Gasteiger partial charge is 0.321 e. The number of urea groups is 1. The topological polar surface area (TPSA) is 26.8 Å². The zero-order valence-electron chi connectivity index (χ0n) is 15.7. The summed E-state index contributed by atoms with van der Waals surface area (Å²) >= 11 is 0. The second-order valence-corrected chi connectivity index (χ2v) is 9.39. The van der Waals surface area contributed by atoms with Crippen molar-refractivity contribution in [2.75, 3.05) is 37.6 Å². The third-order valence-corrected chi connectivity index (χ3v) is 8.22. The lowest BCUT2D eigenvalue weighted by molar-refractivity contribution is -0.137. The molecule has 0 radical (unpaired) electrons. The number of hydrogen-bond donors (Lipinski definition) is 0. The third-order valence-electron chi connectivity index (χ3n) is 8.22. The number of halogens is 3. The largest absolute Gasteiger partial charge is 0.416 e. The van der Waals surface area contributed by atoms with Gasteiger partial charge in [-0.15, -0.1) is 0 Å². The van der Waals surface area contributed by atoms with E-state index in [1.807, 2.05) is 0 Å². The fourth-order valence-electron chi connectivity index (χ4n) is 6.91. The van der Waals surface area contributed by atoms with Gasteiger partial charge in [0.05, 0.1) is 5.56 Å². The molecule has 2 aliphatic heterocycles. The summed E-state index contributed by atoms with van der Waals surface area (Å²) in [7, 11) is 0. The van der Waals surface area contributed by atoms with Crippen molar-refractivity contribution in [3.05, 3.63) is 29.8 Å². The summed E-state index contributed by atoms with van der Waals surface area (Å²) in [5, 5.41) is 0. The Morgan fingerprint density at radius 3 is 2.79 bits per heavy atom. The Balaban J connectivity index is 1.09. The van der Waals surface area contributed by atoms with Crippen LogP contribution < -0.4 is 4.90 Å². The summed E-state index contributed by atoms with van der Waals surface area (Å²) < 4.78 is 38.9. The van der Waals surface area contributed by atoms with Gasteiger partial charge in [0.2, 0.25) is 0 Å². The molecule has 1 spiro atoms. The van der Waals surface area contributed by atoms with Crippen molar-refractivity contribution in [2.45, 2.75) is 31.5 Å². The standard InChI is InChI=1S/C21H24F3N3O/c22-21(23,24)14-2-1-3-16(9-14)27-7-6-25(19(27)28)4-5-26-12-13-8-15-10-20(15)11-17(26)18(13)20/h1-3,9,13,15,17-18H,4-8,10-12H2. The molecule has 2 saturated heterocycles. The predicted molar refractivity (Wildman–Crippen MR) is 97.9 cm³/mol. The van der Waals surface area contributed by atoms with Crippen LogP contribution in [0.4, 0.5) is 23.7 Å². The summed E-state index contributed by atoms with van der Waals surface area (Å²) in [6, 6.07) is 5.61. The average molecular weight is 391 g/mol. The van der Waals surface area contributed by atoms with Gasteiger partial charge in [0.15, 0.2) is 0 Å². The van der Waals surface area contributed by atoms with Gasteiger partial charge in [0.25, 0.3) is 0 Å². The van der Waals surface area contributed by atoms with Crippen LogP contribution in [0.3, 0.4) is 0 Å². The van der Waals surface area contributed by atoms with E-state index in [0.717, 1.165) is 42.5 Å². The summed E-state index contributed by atoms with van der Waals surface area (Å²) in [4.78, 5) is 18.6. The van der Waals surface area contributed by atoms with E-state index in [1.54, 1.807) is 11.0 Å². The van der Waals surface area contributed by atoms with Gasteiger partial charge in [0, 0.05) is 44.5 Å². The highest BCUT2D eigenvalue weighted by Crippen LogP contribution is 2.80. The third kappa shape index (κ3) is 2.25. The van der Waals surface area contributed by atoms with E-state index in [2.05, 4.69) is 4.90 Å². The van der Waals surface area contributed by atoms with Crippen LogP contribution in [0.1, 0.15) is 24.8 Å². The first-order valence-electron chi connectivity index (χ1n) is 10.3. The molecule has 7 heteroatoms. The molecule has 6 rings (SSSR count). The van der Waals surface area contributed by atoms with Crippen LogP contribution in [-0.4, -0.2) is 54.6 Å². The van der Waals surface area contributed by atoms with Gasteiger partial charge in [-0.05, 0) is 60.6 Å². The molecule has 4 nitrogen and oxygen atoms in total. The van der Waals surface area contributed by atoms with Crippen LogP contribution in [0.5, 0.6) is 0 Å². The molecule has 0 aromatic heterocycles. The highest BCUT2D eigenvalue weighted by molar-refractivity contribution is 5.94. The molecular formula is C21H24F3N3O. The van der Waals surface area contributed by atoms with Crippen molar-refractivity contribution in [3.63, 3.8) is 0 Å². The van der Waals surface area contributed by atoms with Crippen molar-refractivity contribution in [2.24, 2.45) is 23.2 Å². The maximum absolute atomic E-state index is 13.0. The molecule has 5 fully saturated rings. The van der Waals surface area contributed by atoms with Crippen LogP contribution in [0.25, 0.3) is 0 Å². The number of hydrogen-bond acceptors (Lipinski definition) is 2. The van der Waals surface area contributed by atoms with Crippen LogP contribution in [0, 0.1) is 23.2 Å². The van der Waals surface area contributed by atoms with E-state index in [4.69, 9.17) is 0 Å². The molecule has 5 aliphatic rings. The van der Waals surface area contributed by atoms with Gasteiger partial charge in [-0.3, -0.25) is 9.80 Å².